The lowest BCUT2D eigenvalue weighted by molar-refractivity contribution is -0.745. The van der Waals surface area contributed by atoms with Crippen molar-refractivity contribution in [3.05, 3.63) is 46.0 Å². The van der Waals surface area contributed by atoms with Crippen molar-refractivity contribution in [2.24, 2.45) is 13.0 Å². The summed E-state index contributed by atoms with van der Waals surface area (Å²) in [5.74, 6) is -2.20. The maximum Gasteiger partial charge on any atom is 0.490 e. The van der Waals surface area contributed by atoms with Gasteiger partial charge in [-0.05, 0) is 6.42 Å². The largest absolute Gasteiger partial charge is 0.756 e. The van der Waals surface area contributed by atoms with Crippen LogP contribution in [0.15, 0.2) is 34.9 Å². The van der Waals surface area contributed by atoms with Gasteiger partial charge in [0.25, 0.3) is 24.9 Å². The molecule has 0 aliphatic carbocycles. The molecule has 81 heavy (non-hydrogen) atoms. The van der Waals surface area contributed by atoms with Crippen molar-refractivity contribution in [3.8, 4) is 0 Å². The van der Waals surface area contributed by atoms with Crippen molar-refractivity contribution in [1.29, 1.82) is 0 Å². The van der Waals surface area contributed by atoms with Gasteiger partial charge in [0.1, 0.15) is 54.6 Å². The summed E-state index contributed by atoms with van der Waals surface area (Å²) in [7, 11) is -18.3. The number of imidazole rings is 3. The number of aliphatic hydroxyl groups is 3. The second-order valence-corrected chi connectivity index (χ2v) is 24.4. The van der Waals surface area contributed by atoms with Gasteiger partial charge in [-0.1, -0.05) is 4.98 Å². The van der Waals surface area contributed by atoms with Crippen LogP contribution < -0.4 is 37.8 Å². The van der Waals surface area contributed by atoms with Crippen LogP contribution in [0.4, 0.5) is 17.7 Å². The Morgan fingerprint density at radius 1 is 0.765 bits per heavy atom. The highest BCUT2D eigenvalue weighted by Gasteiger charge is 2.53. The summed E-state index contributed by atoms with van der Waals surface area (Å²) in [4.78, 5) is 113. The minimum atomic E-state index is -6.24. The summed E-state index contributed by atoms with van der Waals surface area (Å²) in [6, 6.07) is 0. The standard InChI is InChI=1S/C37H52N16O24P4/c1-49(2)18(54)6-5-14-15(72-33(22(14)55)53-13-50(3)21-30(53)46-37(40)48-32(21)59)7-70-79(62,63)76-81(66,67)77-80(64,65)71-9-17-25(26(68-4)35(74-17)51-11-43-19-27(38)41-10-42-28(19)51)75-78(60,61)69-8-16-23(56)24(57)34(73-16)52-12-44-20-29(52)45-36(39)47-31(20)58/h10-17,22-26,33-35,55-57H,5-9H2,1-4H3,(H11-,38,39,40,41,42,45,46,47,48,58,59,60,61,62,63,64,65,66,67)/t14-,15-,16-,17?,22-,23-,24-,25-,26-,33?,34-,35-/m1/s1. The zero-order valence-corrected chi connectivity index (χ0v) is 45.8. The van der Waals surface area contributed by atoms with Crippen molar-refractivity contribution in [1.82, 2.24) is 58.5 Å². The second kappa shape index (κ2) is 22.8. The molecule has 0 aromatic carbocycles. The van der Waals surface area contributed by atoms with Gasteiger partial charge in [0.2, 0.25) is 23.6 Å². The number of nitrogens with zero attached hydrogens (tertiary/aromatic N) is 11. The number of aromatic amines is 2. The highest BCUT2D eigenvalue weighted by atomic mass is 31.3. The van der Waals surface area contributed by atoms with Crippen LogP contribution in [-0.2, 0) is 75.8 Å². The normalized spacial score (nSPS) is 29.0. The first-order valence-electron chi connectivity index (χ1n) is 23.5. The van der Waals surface area contributed by atoms with Crippen molar-refractivity contribution in [2.75, 3.05) is 58.2 Å². The molecule has 6 aromatic rings. The SMILES string of the molecule is CO[C@@H]1[C@H](OP(=O)([O-])OC[C@H]2O[C@@H](n3cnc4c(=O)[nH]c(N)nc43)[C@H](O)[C@@H]2O)C(COP(=O)(O)OP(=O)(O)OP(=O)(O)OC[C@H]2OC([n+]3cn(C)c4c(=O)[nH]c(N)nc43)[C@H](O)[C@@H]2CCC(=O)N(C)C)O[C@H]1n1cnc2c(N)ncnc21. The molecule has 6 unspecified atom stereocenters. The summed E-state index contributed by atoms with van der Waals surface area (Å²) in [5, 5.41) is 33.3. The molecule has 3 fully saturated rings. The van der Waals surface area contributed by atoms with Gasteiger partial charge in [0, 0.05) is 33.5 Å². The Kier molecular flexibility index (Phi) is 16.9. The number of carbonyl (C=O) groups is 1. The highest BCUT2D eigenvalue weighted by molar-refractivity contribution is 7.66. The molecule has 0 radical (unpaired) electrons. The second-order valence-electron chi connectivity index (χ2n) is 18.4. The molecule has 9 rings (SSSR count). The zero-order chi connectivity index (χ0) is 58.8. The number of phosphoric ester groups is 3. The number of carbonyl (C=O) groups excluding carboxylic acids is 1. The van der Waals surface area contributed by atoms with E-state index >= 15 is 0 Å². The number of nitrogen functional groups attached to an aromatic ring is 3. The molecule has 3 aliphatic rings. The number of nitrogens with one attached hydrogen (secondary N) is 2. The summed E-state index contributed by atoms with van der Waals surface area (Å²) < 4.78 is 110. The van der Waals surface area contributed by atoms with Crippen LogP contribution in [0, 0.1) is 5.92 Å². The zero-order valence-electron chi connectivity index (χ0n) is 42.2. The Bertz CT molecular complexity index is 3670. The van der Waals surface area contributed by atoms with E-state index in [1.807, 2.05) is 0 Å². The van der Waals surface area contributed by atoms with E-state index in [2.05, 4.69) is 48.5 Å². The maximum atomic E-state index is 13.6. The summed E-state index contributed by atoms with van der Waals surface area (Å²) in [6.45, 7) is -3.36. The first kappa shape index (κ1) is 60.0. The monoisotopic (exact) mass is 1230 g/mol. The van der Waals surface area contributed by atoms with Crippen LogP contribution in [-0.4, -0.2) is 184 Å². The molecule has 3 saturated heterocycles. The molecule has 1 amide bonds. The van der Waals surface area contributed by atoms with E-state index < -0.39 is 136 Å². The van der Waals surface area contributed by atoms with Crippen LogP contribution >= 0.6 is 31.3 Å². The number of aromatic nitrogens is 12. The number of hydrogen-bond donors (Lipinski definition) is 11. The first-order chi connectivity index (χ1) is 38.0. The van der Waals surface area contributed by atoms with E-state index in [1.165, 1.54) is 46.1 Å². The van der Waals surface area contributed by atoms with Gasteiger partial charge in [-0.3, -0.25) is 51.7 Å². The number of amides is 1. The van der Waals surface area contributed by atoms with Crippen molar-refractivity contribution in [2.45, 2.75) is 80.4 Å². The van der Waals surface area contributed by atoms with Crippen LogP contribution in [0.3, 0.4) is 0 Å². The van der Waals surface area contributed by atoms with E-state index in [0.29, 0.717) is 0 Å². The van der Waals surface area contributed by atoms with Crippen LogP contribution in [0.1, 0.15) is 31.5 Å². The Morgan fingerprint density at radius 3 is 2.04 bits per heavy atom. The molecule has 0 saturated carbocycles. The number of ether oxygens (including phenoxy) is 4. The number of rotatable bonds is 22. The van der Waals surface area contributed by atoms with Gasteiger partial charge in [0.05, 0.1) is 45.6 Å². The smallest absolute Gasteiger partial charge is 0.490 e. The number of aryl methyl sites for hydroxylation is 1. The van der Waals surface area contributed by atoms with Crippen LogP contribution in [0.2, 0.25) is 0 Å². The van der Waals surface area contributed by atoms with Gasteiger partial charge in [-0.15, -0.1) is 0 Å². The molecule has 0 spiro atoms. The minimum Gasteiger partial charge on any atom is -0.756 e. The average Bonchev–Trinajstić information content (AvgIpc) is 4.45. The molecule has 3 aliphatic heterocycles. The average molecular weight is 1230 g/mol. The number of H-pyrrole nitrogens is 2. The number of fused-ring (bicyclic) bond motifs is 3. The van der Waals surface area contributed by atoms with Gasteiger partial charge in [0.15, 0.2) is 41.4 Å². The maximum absolute atomic E-state index is 13.6. The van der Waals surface area contributed by atoms with Crippen LogP contribution in [0.25, 0.3) is 33.5 Å². The van der Waals surface area contributed by atoms with E-state index in [-0.39, 0.29) is 70.0 Å². The number of methoxy groups -OCH3 is 1. The number of phosphoric acid groups is 4. The fourth-order valence-electron chi connectivity index (χ4n) is 9.24. The lowest BCUT2D eigenvalue weighted by atomic mass is 9.92. The Labute approximate surface area is 451 Å². The molecule has 6 aromatic heterocycles. The number of hydrogen-bond acceptors (Lipinski definition) is 30. The van der Waals surface area contributed by atoms with Crippen LogP contribution in [0.5, 0.6) is 0 Å². The summed E-state index contributed by atoms with van der Waals surface area (Å²) >= 11 is 0. The molecule has 16 atom stereocenters. The Balaban J connectivity index is 0.878. The minimum absolute atomic E-state index is 0.00562. The molecule has 44 heteroatoms. The molecule has 40 nitrogen and oxygen atoms in total. The van der Waals surface area contributed by atoms with Crippen molar-refractivity contribution in [3.63, 3.8) is 0 Å². The van der Waals surface area contributed by atoms with E-state index in [9.17, 15) is 67.5 Å². The van der Waals surface area contributed by atoms with Crippen molar-refractivity contribution >= 4 is 88.4 Å². The molecular formula is C37H52N16O24P4. The van der Waals surface area contributed by atoms with Gasteiger partial charge < -0.3 is 85.0 Å². The Hall–Kier alpha value is -5.64. The number of nitrogens with two attached hydrogens (primary N) is 3. The fourth-order valence-corrected chi connectivity index (χ4v) is 13.7. The fraction of sp³-hybridized carbons (Fsp3) is 0.568. The third-order valence-corrected chi connectivity index (χ3v) is 18.1. The third kappa shape index (κ3) is 12.5. The van der Waals surface area contributed by atoms with E-state index in [4.69, 9.17) is 54.2 Å². The topological polar surface area (TPSA) is 565 Å². The summed E-state index contributed by atoms with van der Waals surface area (Å²) in [5.41, 5.74) is 15.6. The quantitative estimate of drug-likeness (QED) is 0.0227. The van der Waals surface area contributed by atoms with E-state index in [1.54, 1.807) is 0 Å². The molecule has 14 N–H and O–H groups in total. The molecule has 9 heterocycles. The number of anilines is 3. The van der Waals surface area contributed by atoms with Gasteiger partial charge in [-0.25, -0.2) is 38.2 Å². The highest BCUT2D eigenvalue weighted by Crippen LogP contribution is 2.68. The third-order valence-electron chi connectivity index (χ3n) is 12.9. The molecule has 0 bridgehead atoms. The first-order valence-corrected chi connectivity index (χ1v) is 29.4. The Morgan fingerprint density at radius 2 is 1.37 bits per heavy atom. The predicted molar refractivity (Wildman–Crippen MR) is 262 cm³/mol. The van der Waals surface area contributed by atoms with Gasteiger partial charge >= 0.3 is 29.1 Å². The molecule has 444 valence electrons. The van der Waals surface area contributed by atoms with Crippen molar-refractivity contribution < 1.29 is 108 Å². The van der Waals surface area contributed by atoms with E-state index in [0.717, 1.165) is 30.7 Å². The molecular weight excluding hydrogens is 1180 g/mol. The lowest BCUT2D eigenvalue weighted by Gasteiger charge is -2.31. The lowest BCUT2D eigenvalue weighted by Crippen LogP contribution is -2.45. The number of aliphatic hydroxyl groups excluding tert-OH is 3. The predicted octanol–water partition coefficient (Wildman–Crippen LogP) is -4.22. The van der Waals surface area contributed by atoms with Gasteiger partial charge in [-0.2, -0.15) is 13.6 Å². The summed E-state index contributed by atoms with van der Waals surface area (Å²) in [6.07, 6.45) is -13.9.